The van der Waals surface area contributed by atoms with E-state index in [1.165, 1.54) is 22.3 Å². The van der Waals surface area contributed by atoms with Crippen molar-refractivity contribution in [3.8, 4) is 5.75 Å². The molecule has 0 spiro atoms. The molecule has 0 heterocycles. The van der Waals surface area contributed by atoms with Gasteiger partial charge >= 0.3 is 5.97 Å². The molecular formula is C41H66O4. The van der Waals surface area contributed by atoms with Crippen molar-refractivity contribution in [2.24, 2.45) is 0 Å². The first-order valence-corrected chi connectivity index (χ1v) is 17.4. The zero-order chi connectivity index (χ0) is 34.2. The van der Waals surface area contributed by atoms with Crippen LogP contribution in [0.1, 0.15) is 161 Å². The highest BCUT2D eigenvalue weighted by Crippen LogP contribution is 2.40. The minimum atomic E-state index is -0.181. The Morgan fingerprint density at radius 3 is 1.44 bits per heavy atom. The van der Waals surface area contributed by atoms with E-state index >= 15 is 0 Å². The maximum Gasteiger partial charge on any atom is 0.306 e. The molecule has 4 heteroatoms. The Labute approximate surface area is 276 Å². The Morgan fingerprint density at radius 2 is 0.978 bits per heavy atom. The van der Waals surface area contributed by atoms with Gasteiger partial charge in [-0.1, -0.05) is 114 Å². The summed E-state index contributed by atoms with van der Waals surface area (Å²) in [6.45, 7) is 30.8. The summed E-state index contributed by atoms with van der Waals surface area (Å²) in [5.41, 5.74) is 8.60. The normalized spacial score (nSPS) is 12.9. The summed E-state index contributed by atoms with van der Waals surface area (Å²) in [5, 5.41) is 10.9. The molecule has 0 saturated heterocycles. The average molecular weight is 623 g/mol. The Balaban J connectivity index is 1.67. The standard InChI is InChI=1S/C41H66O4/c1-29-32(38(2,3)4)25-30(26-33(29)39(5,6)7)19-18-23-44-22-16-14-15-17-24-45-36(42)21-20-31-27-34(40(8,9)10)37(43)35(28-31)41(11,12)13/h25-28,43H,14-24H2,1-13H3. The number of aromatic hydroxyl groups is 1. The third-order valence-corrected chi connectivity index (χ3v) is 8.69. The second kappa shape index (κ2) is 16.0. The topological polar surface area (TPSA) is 55.8 Å². The number of carbonyl (C=O) groups is 1. The summed E-state index contributed by atoms with van der Waals surface area (Å²) in [6, 6.07) is 8.93. The summed E-state index contributed by atoms with van der Waals surface area (Å²) in [6.07, 6.45) is 7.07. The lowest BCUT2D eigenvalue weighted by Crippen LogP contribution is -2.20. The number of phenolic OH excluding ortho intramolecular Hbond substituents is 1. The van der Waals surface area contributed by atoms with E-state index in [1.54, 1.807) is 0 Å². The molecule has 0 saturated carbocycles. The zero-order valence-electron chi connectivity index (χ0n) is 31.3. The fraction of sp³-hybridized carbons (Fsp3) is 0.683. The van der Waals surface area contributed by atoms with Crippen molar-refractivity contribution in [3.05, 3.63) is 63.2 Å². The number of rotatable bonds is 14. The van der Waals surface area contributed by atoms with Crippen LogP contribution in [0, 0.1) is 6.92 Å². The van der Waals surface area contributed by atoms with Gasteiger partial charge in [0.1, 0.15) is 5.75 Å². The minimum Gasteiger partial charge on any atom is -0.507 e. The fourth-order valence-electron chi connectivity index (χ4n) is 6.10. The number of unbranched alkanes of at least 4 members (excludes halogenated alkanes) is 3. The molecule has 0 unspecified atom stereocenters. The number of hydrogen-bond donors (Lipinski definition) is 1. The van der Waals surface area contributed by atoms with Gasteiger partial charge in [-0.15, -0.1) is 0 Å². The minimum absolute atomic E-state index is 0.135. The van der Waals surface area contributed by atoms with Crippen LogP contribution in [0.2, 0.25) is 0 Å². The van der Waals surface area contributed by atoms with E-state index in [9.17, 15) is 9.90 Å². The van der Waals surface area contributed by atoms with Crippen LogP contribution in [0.3, 0.4) is 0 Å². The summed E-state index contributed by atoms with van der Waals surface area (Å²) in [7, 11) is 0. The molecule has 0 aliphatic carbocycles. The van der Waals surface area contributed by atoms with Gasteiger partial charge in [0.2, 0.25) is 0 Å². The fourth-order valence-corrected chi connectivity index (χ4v) is 6.10. The predicted molar refractivity (Wildman–Crippen MR) is 191 cm³/mol. The van der Waals surface area contributed by atoms with E-state index in [1.807, 2.05) is 12.1 Å². The van der Waals surface area contributed by atoms with Gasteiger partial charge in [-0.05, 0) is 106 Å². The molecule has 4 nitrogen and oxygen atoms in total. The van der Waals surface area contributed by atoms with Gasteiger partial charge < -0.3 is 14.6 Å². The van der Waals surface area contributed by atoms with Gasteiger partial charge in [0.15, 0.2) is 0 Å². The first-order valence-electron chi connectivity index (χ1n) is 17.4. The number of carbonyl (C=O) groups excluding carboxylic acids is 1. The predicted octanol–water partition coefficient (Wildman–Crippen LogP) is 10.6. The molecule has 1 N–H and O–H groups in total. The summed E-state index contributed by atoms with van der Waals surface area (Å²) in [5.74, 6) is 0.220. The summed E-state index contributed by atoms with van der Waals surface area (Å²) >= 11 is 0. The van der Waals surface area contributed by atoms with Crippen LogP contribution >= 0.6 is 0 Å². The van der Waals surface area contributed by atoms with Crippen molar-refractivity contribution in [1.82, 2.24) is 0 Å². The SMILES string of the molecule is Cc1c(C(C)(C)C)cc(CCCOCCCCCCOC(=O)CCc2cc(C(C)(C)C)c(O)c(C(C)(C)C)c2)cc1C(C)(C)C. The monoisotopic (exact) mass is 622 g/mol. The maximum absolute atomic E-state index is 12.4. The van der Waals surface area contributed by atoms with E-state index < -0.39 is 0 Å². The van der Waals surface area contributed by atoms with Crippen LogP contribution in [0.25, 0.3) is 0 Å². The van der Waals surface area contributed by atoms with Crippen LogP contribution in [-0.4, -0.2) is 30.9 Å². The van der Waals surface area contributed by atoms with Crippen molar-refractivity contribution >= 4 is 5.97 Å². The molecule has 2 aromatic carbocycles. The van der Waals surface area contributed by atoms with Crippen molar-refractivity contribution in [3.63, 3.8) is 0 Å². The van der Waals surface area contributed by atoms with E-state index in [2.05, 4.69) is 102 Å². The maximum atomic E-state index is 12.4. The second-order valence-corrected chi connectivity index (χ2v) is 17.2. The number of phenols is 1. The van der Waals surface area contributed by atoms with Gasteiger partial charge in [-0.3, -0.25) is 4.79 Å². The van der Waals surface area contributed by atoms with Gasteiger partial charge in [0.25, 0.3) is 0 Å². The lowest BCUT2D eigenvalue weighted by Gasteiger charge is -2.30. The van der Waals surface area contributed by atoms with Gasteiger partial charge in [0, 0.05) is 19.6 Å². The van der Waals surface area contributed by atoms with Crippen molar-refractivity contribution < 1.29 is 19.4 Å². The molecule has 0 bridgehead atoms. The van der Waals surface area contributed by atoms with Crippen molar-refractivity contribution in [2.75, 3.05) is 19.8 Å². The van der Waals surface area contributed by atoms with Gasteiger partial charge in [-0.2, -0.15) is 0 Å². The number of esters is 1. The van der Waals surface area contributed by atoms with Crippen molar-refractivity contribution in [1.29, 1.82) is 0 Å². The molecule has 2 rings (SSSR count). The first-order chi connectivity index (χ1) is 20.6. The lowest BCUT2D eigenvalue weighted by molar-refractivity contribution is -0.143. The molecule has 0 atom stereocenters. The molecule has 0 amide bonds. The largest absolute Gasteiger partial charge is 0.507 e. The molecule has 2 aromatic rings. The van der Waals surface area contributed by atoms with Crippen LogP contribution in [0.15, 0.2) is 24.3 Å². The quantitative estimate of drug-likeness (QED) is 0.168. The highest BCUT2D eigenvalue weighted by molar-refractivity contribution is 5.69. The van der Waals surface area contributed by atoms with Crippen LogP contribution < -0.4 is 0 Å². The van der Waals surface area contributed by atoms with E-state index in [4.69, 9.17) is 9.47 Å². The zero-order valence-corrected chi connectivity index (χ0v) is 31.3. The average Bonchev–Trinajstić information content (AvgIpc) is 2.89. The van der Waals surface area contributed by atoms with Gasteiger partial charge in [0.05, 0.1) is 6.61 Å². The molecule has 0 aromatic heterocycles. The third-order valence-electron chi connectivity index (χ3n) is 8.69. The van der Waals surface area contributed by atoms with E-state index in [-0.39, 0.29) is 27.6 Å². The highest BCUT2D eigenvalue weighted by Gasteiger charge is 2.27. The molecule has 45 heavy (non-hydrogen) atoms. The Morgan fingerprint density at radius 1 is 0.578 bits per heavy atom. The summed E-state index contributed by atoms with van der Waals surface area (Å²) in [4.78, 5) is 12.4. The van der Waals surface area contributed by atoms with E-state index in [0.717, 1.165) is 68.4 Å². The van der Waals surface area contributed by atoms with Crippen LogP contribution in [0.4, 0.5) is 0 Å². The Hall–Kier alpha value is -2.33. The molecule has 254 valence electrons. The molecule has 0 aliphatic rings. The molecule has 0 radical (unpaired) electrons. The van der Waals surface area contributed by atoms with Gasteiger partial charge in [-0.25, -0.2) is 0 Å². The Bertz CT molecular complexity index is 1170. The number of benzene rings is 2. The highest BCUT2D eigenvalue weighted by atomic mass is 16.5. The number of ether oxygens (including phenoxy) is 2. The molecule has 0 aliphatic heterocycles. The van der Waals surface area contributed by atoms with Crippen LogP contribution in [-0.2, 0) is 48.8 Å². The number of hydrogen-bond acceptors (Lipinski definition) is 4. The lowest BCUT2D eigenvalue weighted by atomic mass is 9.75. The summed E-state index contributed by atoms with van der Waals surface area (Å²) < 4.78 is 11.5. The molecular weight excluding hydrogens is 556 g/mol. The molecule has 0 fully saturated rings. The third kappa shape index (κ3) is 12.4. The van der Waals surface area contributed by atoms with Crippen LogP contribution in [0.5, 0.6) is 5.75 Å². The number of aryl methyl sites for hydroxylation is 2. The van der Waals surface area contributed by atoms with E-state index in [0.29, 0.717) is 25.2 Å². The Kier molecular flexibility index (Phi) is 13.8. The first kappa shape index (κ1) is 38.9. The smallest absolute Gasteiger partial charge is 0.306 e. The van der Waals surface area contributed by atoms with Crippen molar-refractivity contribution in [2.45, 2.75) is 163 Å². The second-order valence-electron chi connectivity index (χ2n) is 17.2.